The maximum atomic E-state index is 12.4. The van der Waals surface area contributed by atoms with Crippen molar-refractivity contribution in [2.24, 2.45) is 5.92 Å². The van der Waals surface area contributed by atoms with Crippen LogP contribution in [0.3, 0.4) is 0 Å². The number of carbonyl (C=O) groups is 1. The molecule has 218 valence electrons. The smallest absolute Gasteiger partial charge is 0.338 e. The summed E-state index contributed by atoms with van der Waals surface area (Å²) < 4.78 is 11.5. The molecule has 0 heterocycles. The van der Waals surface area contributed by atoms with Gasteiger partial charge in [-0.2, -0.15) is 0 Å². The zero-order valence-electron chi connectivity index (χ0n) is 25.0. The Morgan fingerprint density at radius 2 is 1.30 bits per heavy atom. The van der Waals surface area contributed by atoms with E-state index in [1.54, 1.807) is 0 Å². The van der Waals surface area contributed by atoms with Gasteiger partial charge < -0.3 is 9.47 Å². The summed E-state index contributed by atoms with van der Waals surface area (Å²) in [5.41, 5.74) is 6.30. The summed E-state index contributed by atoms with van der Waals surface area (Å²) in [6.45, 7) is 7.86. The molecular formula is C37H52O3. The summed E-state index contributed by atoms with van der Waals surface area (Å²) in [6.07, 6.45) is 19.2. The van der Waals surface area contributed by atoms with Gasteiger partial charge in [-0.3, -0.25) is 0 Å². The largest absolute Gasteiger partial charge is 0.462 e. The fourth-order valence-electron chi connectivity index (χ4n) is 6.23. The zero-order chi connectivity index (χ0) is 28.0. The number of carbonyl (C=O) groups excluding carboxylic acids is 1. The molecule has 0 bridgehead atoms. The van der Waals surface area contributed by atoms with Crippen LogP contribution in [0.1, 0.15) is 130 Å². The molecule has 40 heavy (non-hydrogen) atoms. The summed E-state index contributed by atoms with van der Waals surface area (Å²) >= 11 is 0. The van der Waals surface area contributed by atoms with Gasteiger partial charge in [0.25, 0.3) is 0 Å². The van der Waals surface area contributed by atoms with Crippen molar-refractivity contribution in [1.82, 2.24) is 0 Å². The lowest BCUT2D eigenvalue weighted by Gasteiger charge is -2.26. The van der Waals surface area contributed by atoms with E-state index in [9.17, 15) is 4.79 Å². The average molecular weight is 545 g/mol. The first-order valence-corrected chi connectivity index (χ1v) is 16.2. The molecule has 2 fully saturated rings. The van der Waals surface area contributed by atoms with Crippen molar-refractivity contribution < 1.29 is 14.3 Å². The molecule has 0 radical (unpaired) electrons. The van der Waals surface area contributed by atoms with Crippen LogP contribution < -0.4 is 0 Å². The predicted octanol–water partition coefficient (Wildman–Crippen LogP) is 9.78. The number of unbranched alkanes of at least 4 members (excludes halogenated alkanes) is 4. The molecule has 0 N–H and O–H groups in total. The molecule has 4 rings (SSSR count). The van der Waals surface area contributed by atoms with Crippen molar-refractivity contribution in [3.8, 4) is 0 Å². The van der Waals surface area contributed by atoms with Crippen LogP contribution in [0.4, 0.5) is 0 Å². The summed E-state index contributed by atoms with van der Waals surface area (Å²) in [5, 5.41) is 0. The highest BCUT2D eigenvalue weighted by Gasteiger charge is 2.18. The van der Waals surface area contributed by atoms with E-state index >= 15 is 0 Å². The van der Waals surface area contributed by atoms with Crippen molar-refractivity contribution in [1.29, 1.82) is 0 Å². The molecule has 0 atom stereocenters. The van der Waals surface area contributed by atoms with E-state index in [1.807, 2.05) is 12.1 Å². The maximum absolute atomic E-state index is 12.4. The normalized spacial score (nSPS) is 20.0. The van der Waals surface area contributed by atoms with E-state index in [-0.39, 0.29) is 5.97 Å². The fraction of sp³-hybridized carbons (Fsp3) is 0.595. The molecule has 2 aromatic carbocycles. The van der Waals surface area contributed by atoms with Crippen molar-refractivity contribution in [2.45, 2.75) is 122 Å². The van der Waals surface area contributed by atoms with Crippen LogP contribution in [0.15, 0.2) is 60.7 Å². The molecular weight excluding hydrogens is 492 g/mol. The number of rotatable bonds is 15. The maximum Gasteiger partial charge on any atom is 0.338 e. The summed E-state index contributed by atoms with van der Waals surface area (Å²) in [4.78, 5) is 12.4. The van der Waals surface area contributed by atoms with E-state index in [1.165, 1.54) is 80.1 Å². The van der Waals surface area contributed by atoms with Crippen LogP contribution in [0.5, 0.6) is 0 Å². The lowest BCUT2D eigenvalue weighted by atomic mass is 9.82. The molecule has 2 saturated carbocycles. The molecule has 3 heteroatoms. The molecule has 0 aromatic heterocycles. The Hall–Kier alpha value is -2.39. The minimum Gasteiger partial charge on any atom is -0.462 e. The van der Waals surface area contributed by atoms with Crippen LogP contribution in [0, 0.1) is 5.92 Å². The summed E-state index contributed by atoms with van der Waals surface area (Å²) in [5.74, 6) is 1.38. The Balaban J connectivity index is 1.02. The number of hydrogen-bond donors (Lipinski definition) is 0. The first-order valence-electron chi connectivity index (χ1n) is 16.2. The Morgan fingerprint density at radius 3 is 1.93 bits per heavy atom. The monoisotopic (exact) mass is 544 g/mol. The van der Waals surface area contributed by atoms with E-state index in [0.717, 1.165) is 57.5 Å². The van der Waals surface area contributed by atoms with Crippen molar-refractivity contribution in [3.05, 3.63) is 82.9 Å². The third kappa shape index (κ3) is 10.5. The van der Waals surface area contributed by atoms with E-state index in [4.69, 9.17) is 9.47 Å². The van der Waals surface area contributed by atoms with Gasteiger partial charge in [0.2, 0.25) is 0 Å². The molecule has 0 saturated heterocycles. The molecule has 0 unspecified atom stereocenters. The first-order chi connectivity index (χ1) is 19.6. The average Bonchev–Trinajstić information content (AvgIpc) is 2.98. The number of esters is 1. The minimum atomic E-state index is -0.206. The number of ether oxygens (including phenoxy) is 2. The van der Waals surface area contributed by atoms with Gasteiger partial charge in [-0.1, -0.05) is 61.9 Å². The number of hydrogen-bond acceptors (Lipinski definition) is 3. The molecule has 2 aliphatic rings. The lowest BCUT2D eigenvalue weighted by Crippen LogP contribution is -2.20. The third-order valence-electron chi connectivity index (χ3n) is 9.10. The van der Waals surface area contributed by atoms with E-state index < -0.39 is 0 Å². The van der Waals surface area contributed by atoms with Gasteiger partial charge in [-0.05, 0) is 137 Å². The molecule has 2 aromatic rings. The minimum absolute atomic E-state index is 0.206. The van der Waals surface area contributed by atoms with Gasteiger partial charge in [0.1, 0.15) is 0 Å². The second kappa shape index (κ2) is 16.8. The van der Waals surface area contributed by atoms with Crippen LogP contribution in [-0.4, -0.2) is 25.3 Å². The summed E-state index contributed by atoms with van der Waals surface area (Å²) in [7, 11) is 0. The second-order valence-corrected chi connectivity index (χ2v) is 12.5. The Morgan fingerprint density at radius 1 is 0.725 bits per heavy atom. The van der Waals surface area contributed by atoms with Crippen molar-refractivity contribution in [3.63, 3.8) is 0 Å². The lowest BCUT2D eigenvalue weighted by molar-refractivity contribution is 0.0176. The van der Waals surface area contributed by atoms with Gasteiger partial charge in [-0.25, -0.2) is 4.79 Å². The summed E-state index contributed by atoms with van der Waals surface area (Å²) in [6, 6.07) is 17.3. The SMILES string of the molecule is C=C1CCC(c2ccc(CCCCc3ccc(C(=O)OCCCCCCOC4CCC(C)CC4)cc3)cc2)CC1. The van der Waals surface area contributed by atoms with Gasteiger partial charge in [0, 0.05) is 6.61 Å². The van der Waals surface area contributed by atoms with Gasteiger partial charge in [-0.15, -0.1) is 0 Å². The molecule has 0 amide bonds. The highest BCUT2D eigenvalue weighted by atomic mass is 16.5. The van der Waals surface area contributed by atoms with Gasteiger partial charge >= 0.3 is 5.97 Å². The molecule has 3 nitrogen and oxygen atoms in total. The first kappa shape index (κ1) is 30.6. The van der Waals surface area contributed by atoms with Crippen LogP contribution in [-0.2, 0) is 22.3 Å². The highest BCUT2D eigenvalue weighted by Crippen LogP contribution is 2.34. The van der Waals surface area contributed by atoms with Crippen molar-refractivity contribution >= 4 is 5.97 Å². The highest BCUT2D eigenvalue weighted by molar-refractivity contribution is 5.89. The topological polar surface area (TPSA) is 35.5 Å². The second-order valence-electron chi connectivity index (χ2n) is 12.5. The van der Waals surface area contributed by atoms with Crippen molar-refractivity contribution in [2.75, 3.05) is 13.2 Å². The molecule has 0 aliphatic heterocycles. The zero-order valence-corrected chi connectivity index (χ0v) is 25.0. The number of allylic oxidation sites excluding steroid dienone is 1. The van der Waals surface area contributed by atoms with Gasteiger partial charge in [0.05, 0.1) is 18.3 Å². The Bertz CT molecular complexity index is 1000. The third-order valence-corrected chi connectivity index (χ3v) is 9.10. The fourth-order valence-corrected chi connectivity index (χ4v) is 6.23. The van der Waals surface area contributed by atoms with E-state index in [0.29, 0.717) is 24.2 Å². The van der Waals surface area contributed by atoms with E-state index in [2.05, 4.69) is 49.9 Å². The molecule has 0 spiro atoms. The van der Waals surface area contributed by atoms with Crippen LogP contribution in [0.25, 0.3) is 0 Å². The number of aryl methyl sites for hydroxylation is 2. The number of benzene rings is 2. The molecule has 2 aliphatic carbocycles. The van der Waals surface area contributed by atoms with Crippen LogP contribution >= 0.6 is 0 Å². The van der Waals surface area contributed by atoms with Gasteiger partial charge in [0.15, 0.2) is 0 Å². The Kier molecular flexibility index (Phi) is 12.8. The standard InChI is InChI=1S/C37H52O3/c1-29-11-19-33(20-12-29)34-21-15-31(16-22-34)9-5-6-10-32-17-23-35(24-18-32)37(38)40-28-8-4-3-7-27-39-36-25-13-30(2)14-26-36/h15-18,21-24,30,33,36H,1,3-14,19-20,25-28H2,2H3. The predicted molar refractivity (Wildman–Crippen MR) is 166 cm³/mol. The quantitative estimate of drug-likeness (QED) is 0.127. The Labute approximate surface area is 243 Å². The van der Waals surface area contributed by atoms with Crippen LogP contribution in [0.2, 0.25) is 0 Å².